The molecule has 106 valence electrons. The third-order valence-corrected chi connectivity index (χ3v) is 4.42. The van der Waals surface area contributed by atoms with Crippen molar-refractivity contribution in [2.45, 2.75) is 17.7 Å². The van der Waals surface area contributed by atoms with Gasteiger partial charge in [0.15, 0.2) is 9.84 Å². The van der Waals surface area contributed by atoms with Crippen molar-refractivity contribution in [1.82, 2.24) is 4.90 Å². The molecular formula is C12H17FN2O3S. The summed E-state index contributed by atoms with van der Waals surface area (Å²) in [6, 6.07) is 3.45. The zero-order valence-electron chi connectivity index (χ0n) is 10.9. The molecular weight excluding hydrogens is 271 g/mol. The Morgan fingerprint density at radius 2 is 2.00 bits per heavy atom. The Morgan fingerprint density at radius 1 is 1.37 bits per heavy atom. The molecule has 0 radical (unpaired) electrons. The number of amides is 1. The van der Waals surface area contributed by atoms with E-state index in [1.807, 2.05) is 0 Å². The van der Waals surface area contributed by atoms with Crippen LogP contribution in [0.1, 0.15) is 12.8 Å². The van der Waals surface area contributed by atoms with Crippen molar-refractivity contribution in [3.8, 4) is 0 Å². The highest BCUT2D eigenvalue weighted by Gasteiger charge is 2.19. The number of carbonyl (C=O) groups excluding carboxylic acids is 1. The minimum atomic E-state index is -3.73. The van der Waals surface area contributed by atoms with Crippen LogP contribution in [0.4, 0.5) is 10.1 Å². The van der Waals surface area contributed by atoms with Crippen LogP contribution in [-0.2, 0) is 14.6 Å². The molecule has 0 heterocycles. The first kappa shape index (κ1) is 15.4. The zero-order chi connectivity index (χ0) is 14.6. The Balaban J connectivity index is 2.74. The zero-order valence-corrected chi connectivity index (χ0v) is 11.7. The topological polar surface area (TPSA) is 80.5 Å². The van der Waals surface area contributed by atoms with E-state index in [1.54, 1.807) is 14.1 Å². The molecule has 0 bridgehead atoms. The van der Waals surface area contributed by atoms with Crippen molar-refractivity contribution in [1.29, 1.82) is 0 Å². The van der Waals surface area contributed by atoms with Gasteiger partial charge in [0.05, 0.1) is 5.75 Å². The van der Waals surface area contributed by atoms with Crippen LogP contribution in [0.2, 0.25) is 0 Å². The predicted molar refractivity (Wildman–Crippen MR) is 70.8 cm³/mol. The van der Waals surface area contributed by atoms with Crippen molar-refractivity contribution < 1.29 is 17.6 Å². The van der Waals surface area contributed by atoms with Crippen LogP contribution in [0.5, 0.6) is 0 Å². The molecule has 0 aliphatic rings. The van der Waals surface area contributed by atoms with E-state index in [1.165, 1.54) is 11.0 Å². The van der Waals surface area contributed by atoms with Gasteiger partial charge in [0.1, 0.15) is 10.7 Å². The van der Waals surface area contributed by atoms with Gasteiger partial charge in [0, 0.05) is 26.2 Å². The number of nitrogen functional groups attached to an aromatic ring is 1. The summed E-state index contributed by atoms with van der Waals surface area (Å²) in [7, 11) is -0.543. The summed E-state index contributed by atoms with van der Waals surface area (Å²) in [6.45, 7) is 0. The summed E-state index contributed by atoms with van der Waals surface area (Å²) in [5.41, 5.74) is 5.52. The van der Waals surface area contributed by atoms with Crippen molar-refractivity contribution in [3.05, 3.63) is 24.0 Å². The lowest BCUT2D eigenvalue weighted by Crippen LogP contribution is -2.22. The summed E-state index contributed by atoms with van der Waals surface area (Å²) < 4.78 is 37.3. The van der Waals surface area contributed by atoms with E-state index in [0.29, 0.717) is 0 Å². The molecule has 0 aliphatic heterocycles. The SMILES string of the molecule is CN(C)C(=O)CCCS(=O)(=O)c1ccc(N)cc1F. The van der Waals surface area contributed by atoms with Crippen LogP contribution in [0, 0.1) is 5.82 Å². The second-order valence-electron chi connectivity index (χ2n) is 4.40. The van der Waals surface area contributed by atoms with Crippen LogP contribution in [0.15, 0.2) is 23.1 Å². The first-order valence-corrected chi connectivity index (χ1v) is 7.37. The average molecular weight is 288 g/mol. The lowest BCUT2D eigenvalue weighted by atomic mass is 10.3. The molecule has 1 rings (SSSR count). The van der Waals surface area contributed by atoms with Crippen LogP contribution in [-0.4, -0.2) is 39.1 Å². The molecule has 1 amide bonds. The molecule has 7 heteroatoms. The number of nitrogens with two attached hydrogens (primary N) is 1. The molecule has 0 saturated heterocycles. The minimum absolute atomic E-state index is 0.114. The van der Waals surface area contributed by atoms with E-state index in [2.05, 4.69) is 0 Å². The maximum absolute atomic E-state index is 13.5. The molecule has 5 nitrogen and oxygen atoms in total. The number of hydrogen-bond acceptors (Lipinski definition) is 4. The fourth-order valence-electron chi connectivity index (χ4n) is 1.52. The van der Waals surface area contributed by atoms with Gasteiger partial charge in [-0.1, -0.05) is 0 Å². The van der Waals surface area contributed by atoms with Crippen LogP contribution in [0.3, 0.4) is 0 Å². The lowest BCUT2D eigenvalue weighted by Gasteiger charge is -2.10. The van der Waals surface area contributed by atoms with Gasteiger partial charge in [0.2, 0.25) is 5.91 Å². The van der Waals surface area contributed by atoms with E-state index >= 15 is 0 Å². The van der Waals surface area contributed by atoms with Gasteiger partial charge < -0.3 is 10.6 Å². The van der Waals surface area contributed by atoms with Gasteiger partial charge in [-0.15, -0.1) is 0 Å². The molecule has 0 aromatic heterocycles. The number of rotatable bonds is 5. The second-order valence-corrected chi connectivity index (χ2v) is 6.48. The third-order valence-electron chi connectivity index (χ3n) is 2.59. The molecule has 2 N–H and O–H groups in total. The number of benzene rings is 1. The number of anilines is 1. The van der Waals surface area contributed by atoms with Crippen molar-refractivity contribution in [3.63, 3.8) is 0 Å². The van der Waals surface area contributed by atoms with Crippen molar-refractivity contribution in [2.24, 2.45) is 0 Å². The third kappa shape index (κ3) is 4.20. The molecule has 1 aromatic rings. The number of nitrogens with zero attached hydrogens (tertiary/aromatic N) is 1. The Hall–Kier alpha value is -1.63. The van der Waals surface area contributed by atoms with E-state index in [4.69, 9.17) is 5.73 Å². The normalized spacial score (nSPS) is 11.3. The molecule has 19 heavy (non-hydrogen) atoms. The van der Waals surface area contributed by atoms with Crippen molar-refractivity contribution >= 4 is 21.4 Å². The van der Waals surface area contributed by atoms with E-state index in [0.717, 1.165) is 12.1 Å². The van der Waals surface area contributed by atoms with E-state index < -0.39 is 15.7 Å². The molecule has 0 spiro atoms. The number of sulfone groups is 1. The highest BCUT2D eigenvalue weighted by molar-refractivity contribution is 7.91. The fourth-order valence-corrected chi connectivity index (χ4v) is 2.89. The monoisotopic (exact) mass is 288 g/mol. The highest BCUT2D eigenvalue weighted by Crippen LogP contribution is 2.19. The maximum atomic E-state index is 13.5. The first-order valence-electron chi connectivity index (χ1n) is 5.72. The maximum Gasteiger partial charge on any atom is 0.222 e. The molecule has 0 fully saturated rings. The Kier molecular flexibility index (Phi) is 4.88. The lowest BCUT2D eigenvalue weighted by molar-refractivity contribution is -0.128. The standard InChI is InChI=1S/C12H17FN2O3S/c1-15(2)12(16)4-3-7-19(17,18)11-6-5-9(14)8-10(11)13/h5-6,8H,3-4,7,14H2,1-2H3. The Labute approximate surface area is 112 Å². The smallest absolute Gasteiger partial charge is 0.222 e. The Morgan fingerprint density at radius 3 is 2.53 bits per heavy atom. The van der Waals surface area contributed by atoms with Crippen molar-refractivity contribution in [2.75, 3.05) is 25.6 Å². The summed E-state index contributed by atoms with van der Waals surface area (Å²) in [5, 5.41) is 0. The summed E-state index contributed by atoms with van der Waals surface area (Å²) in [6.07, 6.45) is 0.270. The summed E-state index contributed by atoms with van der Waals surface area (Å²) in [4.78, 5) is 12.3. The van der Waals surface area contributed by atoms with Gasteiger partial charge in [-0.05, 0) is 24.6 Å². The Bertz CT molecular complexity index is 570. The first-order chi connectivity index (χ1) is 8.74. The van der Waals surface area contributed by atoms with Gasteiger partial charge in [-0.2, -0.15) is 0 Å². The van der Waals surface area contributed by atoms with Gasteiger partial charge in [0.25, 0.3) is 0 Å². The summed E-state index contributed by atoms with van der Waals surface area (Å²) in [5.74, 6) is -1.29. The molecule has 0 atom stereocenters. The number of halogens is 1. The highest BCUT2D eigenvalue weighted by atomic mass is 32.2. The second kappa shape index (κ2) is 6.01. The van der Waals surface area contributed by atoms with Crippen LogP contribution < -0.4 is 5.73 Å². The van der Waals surface area contributed by atoms with Gasteiger partial charge in [-0.3, -0.25) is 4.79 Å². The van der Waals surface area contributed by atoms with E-state index in [-0.39, 0.29) is 35.1 Å². The van der Waals surface area contributed by atoms with Crippen LogP contribution in [0.25, 0.3) is 0 Å². The molecule has 1 aromatic carbocycles. The quantitative estimate of drug-likeness (QED) is 0.821. The molecule has 0 saturated carbocycles. The summed E-state index contributed by atoms with van der Waals surface area (Å²) >= 11 is 0. The fraction of sp³-hybridized carbons (Fsp3) is 0.417. The number of hydrogen-bond donors (Lipinski definition) is 1. The van der Waals surface area contributed by atoms with E-state index in [9.17, 15) is 17.6 Å². The minimum Gasteiger partial charge on any atom is -0.399 e. The number of carbonyl (C=O) groups is 1. The molecule has 0 aliphatic carbocycles. The van der Waals surface area contributed by atoms with Gasteiger partial charge in [-0.25, -0.2) is 12.8 Å². The largest absolute Gasteiger partial charge is 0.399 e. The van der Waals surface area contributed by atoms with Crippen LogP contribution >= 0.6 is 0 Å². The predicted octanol–water partition coefficient (Wildman–Crippen LogP) is 1.05. The molecule has 0 unspecified atom stereocenters. The van der Waals surface area contributed by atoms with Gasteiger partial charge >= 0.3 is 0 Å². The average Bonchev–Trinajstić information content (AvgIpc) is 2.27.